The summed E-state index contributed by atoms with van der Waals surface area (Å²) in [5.74, 6) is -0.678. The van der Waals surface area contributed by atoms with Gasteiger partial charge in [0, 0.05) is 26.3 Å². The van der Waals surface area contributed by atoms with Crippen LogP contribution in [-0.4, -0.2) is 28.6 Å². The van der Waals surface area contributed by atoms with Gasteiger partial charge in [-0.2, -0.15) is 0 Å². The Bertz CT molecular complexity index is 461. The maximum Gasteiger partial charge on any atom is 0.305 e. The van der Waals surface area contributed by atoms with Gasteiger partial charge in [-0.3, -0.25) is 9.69 Å². The number of aliphatic carboxylic acids is 1. The minimum absolute atomic E-state index is 0.158. The van der Waals surface area contributed by atoms with E-state index in [2.05, 4.69) is 40.9 Å². The normalized spacial score (nSPS) is 18.4. The Morgan fingerprint density at radius 3 is 2.60 bits per heavy atom. The van der Waals surface area contributed by atoms with Crippen LogP contribution in [-0.2, 0) is 11.3 Å². The molecule has 1 aliphatic rings. The molecule has 2 rings (SSSR count). The molecule has 0 aromatic carbocycles. The van der Waals surface area contributed by atoms with Crippen LogP contribution in [0.15, 0.2) is 10.5 Å². The van der Waals surface area contributed by atoms with Gasteiger partial charge in [0.25, 0.3) is 0 Å². The number of thiophene rings is 1. The Morgan fingerprint density at radius 2 is 2.10 bits per heavy atom. The number of hydrogen-bond acceptors (Lipinski definition) is 3. The van der Waals surface area contributed by atoms with Crippen molar-refractivity contribution in [3.8, 4) is 0 Å². The molecule has 20 heavy (non-hydrogen) atoms. The fraction of sp³-hybridized carbons (Fsp3) is 0.667. The van der Waals surface area contributed by atoms with E-state index in [0.717, 1.165) is 36.7 Å². The Morgan fingerprint density at radius 1 is 1.45 bits per heavy atom. The zero-order valence-electron chi connectivity index (χ0n) is 12.1. The number of aryl methyl sites for hydroxylation is 1. The fourth-order valence-electron chi connectivity index (χ4n) is 3.18. The Hall–Kier alpha value is -0.390. The monoisotopic (exact) mass is 359 g/mol. The quantitative estimate of drug-likeness (QED) is 0.845. The molecule has 0 aliphatic heterocycles. The van der Waals surface area contributed by atoms with Crippen molar-refractivity contribution in [3.05, 3.63) is 20.3 Å². The molecule has 0 unspecified atom stereocenters. The first-order valence-corrected chi connectivity index (χ1v) is 8.72. The van der Waals surface area contributed by atoms with E-state index < -0.39 is 5.97 Å². The van der Waals surface area contributed by atoms with E-state index in [4.69, 9.17) is 0 Å². The number of rotatable bonds is 5. The van der Waals surface area contributed by atoms with Crippen LogP contribution in [0, 0.1) is 6.92 Å². The van der Waals surface area contributed by atoms with Crippen LogP contribution < -0.4 is 0 Å². The molecule has 1 aromatic heterocycles. The predicted molar refractivity (Wildman–Crippen MR) is 86.3 cm³/mol. The van der Waals surface area contributed by atoms with Gasteiger partial charge < -0.3 is 5.11 Å². The molecular formula is C15H22BrNO2S. The first kappa shape index (κ1) is 16.0. The van der Waals surface area contributed by atoms with Crippen molar-refractivity contribution in [2.24, 2.45) is 0 Å². The summed E-state index contributed by atoms with van der Waals surface area (Å²) in [6.45, 7) is 2.94. The van der Waals surface area contributed by atoms with Crippen LogP contribution >= 0.6 is 27.3 Å². The molecule has 0 atom stereocenters. The van der Waals surface area contributed by atoms with Gasteiger partial charge in [-0.15, -0.1) is 11.3 Å². The molecule has 3 nitrogen and oxygen atoms in total. The standard InChI is InChI=1S/C15H22BrNO2S/c1-11-13(16)8-12(20-11)10-17(2)15(9-14(18)19)6-4-3-5-7-15/h8H,3-7,9-10H2,1-2H3,(H,18,19). The molecule has 0 saturated heterocycles. The van der Waals surface area contributed by atoms with Crippen LogP contribution in [0.4, 0.5) is 0 Å². The summed E-state index contributed by atoms with van der Waals surface area (Å²) in [5, 5.41) is 9.26. The van der Waals surface area contributed by atoms with Crippen molar-refractivity contribution in [3.63, 3.8) is 0 Å². The molecule has 0 spiro atoms. The molecule has 0 amide bonds. The minimum Gasteiger partial charge on any atom is -0.481 e. The largest absolute Gasteiger partial charge is 0.481 e. The van der Waals surface area contributed by atoms with Gasteiger partial charge in [0.05, 0.1) is 6.42 Å². The zero-order chi connectivity index (χ0) is 14.8. The van der Waals surface area contributed by atoms with Gasteiger partial charge in [0.1, 0.15) is 0 Å². The van der Waals surface area contributed by atoms with Gasteiger partial charge in [-0.05, 0) is 48.8 Å². The smallest absolute Gasteiger partial charge is 0.305 e. The second-order valence-corrected chi connectivity index (χ2v) is 8.02. The van der Waals surface area contributed by atoms with Gasteiger partial charge in [-0.25, -0.2) is 0 Å². The summed E-state index contributed by atoms with van der Waals surface area (Å²) in [5.41, 5.74) is -0.158. The van der Waals surface area contributed by atoms with E-state index in [1.54, 1.807) is 11.3 Å². The Kier molecular flexibility index (Phi) is 5.26. The van der Waals surface area contributed by atoms with Crippen LogP contribution in [0.5, 0.6) is 0 Å². The molecule has 1 fully saturated rings. The first-order valence-electron chi connectivity index (χ1n) is 7.11. The minimum atomic E-state index is -0.678. The van der Waals surface area contributed by atoms with E-state index in [9.17, 15) is 9.90 Å². The second kappa shape index (κ2) is 6.58. The third-order valence-corrected chi connectivity index (χ3v) is 6.50. The van der Waals surface area contributed by atoms with Crippen molar-refractivity contribution >= 4 is 33.2 Å². The molecule has 0 bridgehead atoms. The summed E-state index contributed by atoms with van der Waals surface area (Å²) >= 11 is 5.34. The molecule has 112 valence electrons. The van der Waals surface area contributed by atoms with E-state index in [0.29, 0.717) is 0 Å². The second-order valence-electron chi connectivity index (χ2n) is 5.83. The first-order chi connectivity index (χ1) is 9.43. The summed E-state index contributed by atoms with van der Waals surface area (Å²) in [4.78, 5) is 16.1. The fourth-order valence-corrected chi connectivity index (χ4v) is 4.84. The van der Waals surface area contributed by atoms with Crippen LogP contribution in [0.3, 0.4) is 0 Å². The van der Waals surface area contributed by atoms with Crippen LogP contribution in [0.2, 0.25) is 0 Å². The van der Waals surface area contributed by atoms with E-state index in [-0.39, 0.29) is 12.0 Å². The van der Waals surface area contributed by atoms with Crippen molar-refractivity contribution in [2.45, 2.75) is 57.5 Å². The summed E-state index contributed by atoms with van der Waals surface area (Å²) < 4.78 is 1.15. The lowest BCUT2D eigenvalue weighted by molar-refractivity contribution is -0.141. The molecule has 1 N–H and O–H groups in total. The maximum absolute atomic E-state index is 11.3. The Labute approximate surface area is 133 Å². The highest BCUT2D eigenvalue weighted by atomic mass is 79.9. The van der Waals surface area contributed by atoms with Gasteiger partial charge in [-0.1, -0.05) is 19.3 Å². The lowest BCUT2D eigenvalue weighted by Gasteiger charge is -2.43. The van der Waals surface area contributed by atoms with Gasteiger partial charge >= 0.3 is 5.97 Å². The SMILES string of the molecule is Cc1sc(CN(C)C2(CC(=O)O)CCCCC2)cc1Br. The molecule has 1 heterocycles. The third kappa shape index (κ3) is 3.62. The predicted octanol–water partition coefficient (Wildman–Crippen LogP) is 4.43. The van der Waals surface area contributed by atoms with Crippen LogP contribution in [0.25, 0.3) is 0 Å². The van der Waals surface area contributed by atoms with E-state index in [1.165, 1.54) is 16.2 Å². The zero-order valence-corrected chi connectivity index (χ0v) is 14.5. The summed E-state index contributed by atoms with van der Waals surface area (Å²) in [6.07, 6.45) is 5.78. The number of carboxylic acid groups (broad SMARTS) is 1. The lowest BCUT2D eigenvalue weighted by atomic mass is 9.78. The maximum atomic E-state index is 11.3. The molecule has 1 aromatic rings. The van der Waals surface area contributed by atoms with E-state index >= 15 is 0 Å². The average molecular weight is 360 g/mol. The van der Waals surface area contributed by atoms with Crippen molar-refractivity contribution < 1.29 is 9.90 Å². The van der Waals surface area contributed by atoms with Crippen molar-refractivity contribution in [1.82, 2.24) is 4.90 Å². The van der Waals surface area contributed by atoms with Crippen LogP contribution in [0.1, 0.15) is 48.3 Å². The topological polar surface area (TPSA) is 40.5 Å². The molecule has 1 saturated carbocycles. The summed E-state index contributed by atoms with van der Waals surface area (Å²) in [6, 6.07) is 2.16. The number of nitrogens with zero attached hydrogens (tertiary/aromatic N) is 1. The van der Waals surface area contributed by atoms with E-state index in [1.807, 2.05) is 0 Å². The van der Waals surface area contributed by atoms with Gasteiger partial charge in [0.15, 0.2) is 0 Å². The molecule has 0 radical (unpaired) electrons. The summed E-state index contributed by atoms with van der Waals surface area (Å²) in [7, 11) is 2.08. The van der Waals surface area contributed by atoms with Crippen molar-refractivity contribution in [2.75, 3.05) is 7.05 Å². The van der Waals surface area contributed by atoms with Crippen molar-refractivity contribution in [1.29, 1.82) is 0 Å². The number of carbonyl (C=O) groups is 1. The lowest BCUT2D eigenvalue weighted by Crippen LogP contribution is -2.48. The number of hydrogen-bond donors (Lipinski definition) is 1. The third-order valence-electron chi connectivity index (χ3n) is 4.38. The highest BCUT2D eigenvalue weighted by Gasteiger charge is 2.38. The Balaban J connectivity index is 2.13. The molecule has 5 heteroatoms. The molecular weight excluding hydrogens is 338 g/mol. The highest BCUT2D eigenvalue weighted by Crippen LogP contribution is 2.37. The highest BCUT2D eigenvalue weighted by molar-refractivity contribution is 9.10. The number of halogens is 1. The average Bonchev–Trinajstić information content (AvgIpc) is 2.68. The molecule has 1 aliphatic carbocycles. The van der Waals surface area contributed by atoms with Gasteiger partial charge in [0.2, 0.25) is 0 Å². The number of carboxylic acids is 1.